The van der Waals surface area contributed by atoms with Crippen molar-refractivity contribution in [2.24, 2.45) is 5.41 Å². The average Bonchev–Trinajstić information content (AvgIpc) is 3.11. The quantitative estimate of drug-likeness (QED) is 0.812. The number of carboxylic acids is 1. The molecule has 0 heterocycles. The summed E-state index contributed by atoms with van der Waals surface area (Å²) in [5.74, 6) is -2.04. The van der Waals surface area contributed by atoms with Crippen LogP contribution in [0.3, 0.4) is 0 Å². The molecule has 0 bridgehead atoms. The molecule has 1 aromatic carbocycles. The summed E-state index contributed by atoms with van der Waals surface area (Å²) in [5.41, 5.74) is -0.244. The summed E-state index contributed by atoms with van der Waals surface area (Å²) < 4.78 is 26.1. The van der Waals surface area contributed by atoms with E-state index < -0.39 is 23.5 Å². The highest BCUT2D eigenvalue weighted by molar-refractivity contribution is 8.00. The van der Waals surface area contributed by atoms with Crippen LogP contribution in [-0.4, -0.2) is 28.5 Å². The first-order valence-electron chi connectivity index (χ1n) is 6.45. The monoisotopic (exact) mass is 315 g/mol. The number of anilines is 1. The van der Waals surface area contributed by atoms with Gasteiger partial charge in [0.15, 0.2) is 0 Å². The molecule has 1 aliphatic carbocycles. The standard InChI is InChI=1S/C14H15F2NO3S/c15-9-1-2-11(10(16)5-9)17-12(18)7-21-8-14(3-4-14)6-13(19)20/h1-2,5H,3-4,6-8H2,(H,17,18)(H,19,20). The molecule has 0 saturated heterocycles. The third-order valence-electron chi connectivity index (χ3n) is 3.33. The van der Waals surface area contributed by atoms with E-state index in [4.69, 9.17) is 5.11 Å². The van der Waals surface area contributed by atoms with Crippen LogP contribution in [0.2, 0.25) is 0 Å². The Balaban J connectivity index is 1.76. The van der Waals surface area contributed by atoms with Crippen LogP contribution >= 0.6 is 11.8 Å². The number of rotatable bonds is 7. The highest BCUT2D eigenvalue weighted by atomic mass is 32.2. The molecule has 0 atom stereocenters. The van der Waals surface area contributed by atoms with Crippen molar-refractivity contribution in [1.82, 2.24) is 0 Å². The van der Waals surface area contributed by atoms with Gasteiger partial charge in [0, 0.05) is 6.07 Å². The zero-order chi connectivity index (χ0) is 15.5. The minimum atomic E-state index is -0.828. The second kappa shape index (κ2) is 6.43. The van der Waals surface area contributed by atoms with Crippen molar-refractivity contribution in [2.45, 2.75) is 19.3 Å². The SMILES string of the molecule is O=C(O)CC1(CSCC(=O)Nc2ccc(F)cc2F)CC1. The Kier molecular flexibility index (Phi) is 4.82. The average molecular weight is 315 g/mol. The molecule has 0 unspecified atom stereocenters. The van der Waals surface area contributed by atoms with E-state index in [1.54, 1.807) is 0 Å². The van der Waals surface area contributed by atoms with E-state index in [-0.39, 0.29) is 23.3 Å². The first-order chi connectivity index (χ1) is 9.90. The predicted molar refractivity (Wildman–Crippen MR) is 76.2 cm³/mol. The second-order valence-electron chi connectivity index (χ2n) is 5.24. The third kappa shape index (κ3) is 4.70. The number of aliphatic carboxylic acids is 1. The number of carbonyl (C=O) groups excluding carboxylic acids is 1. The van der Waals surface area contributed by atoms with Crippen molar-refractivity contribution < 1.29 is 23.5 Å². The molecule has 2 rings (SSSR count). The lowest BCUT2D eigenvalue weighted by molar-refractivity contribution is -0.138. The smallest absolute Gasteiger partial charge is 0.303 e. The molecular formula is C14H15F2NO3S. The topological polar surface area (TPSA) is 66.4 Å². The van der Waals surface area contributed by atoms with Gasteiger partial charge in [0.1, 0.15) is 11.6 Å². The Morgan fingerprint density at radius 1 is 1.33 bits per heavy atom. The van der Waals surface area contributed by atoms with E-state index in [9.17, 15) is 18.4 Å². The molecule has 4 nitrogen and oxygen atoms in total. The molecule has 1 amide bonds. The van der Waals surface area contributed by atoms with Gasteiger partial charge in [0.2, 0.25) is 5.91 Å². The zero-order valence-corrected chi connectivity index (χ0v) is 12.0. The summed E-state index contributed by atoms with van der Waals surface area (Å²) in [6, 6.07) is 2.94. The van der Waals surface area contributed by atoms with Crippen LogP contribution in [0.15, 0.2) is 18.2 Å². The minimum absolute atomic E-state index is 0.0614. The van der Waals surface area contributed by atoms with Crippen LogP contribution in [0.4, 0.5) is 14.5 Å². The Bertz CT molecular complexity index is 561. The Labute approximate surface area is 124 Å². The van der Waals surface area contributed by atoms with Crippen molar-refractivity contribution in [2.75, 3.05) is 16.8 Å². The number of hydrogen-bond acceptors (Lipinski definition) is 3. The molecule has 0 aliphatic heterocycles. The van der Waals surface area contributed by atoms with Crippen LogP contribution in [0, 0.1) is 17.0 Å². The summed E-state index contributed by atoms with van der Waals surface area (Å²) >= 11 is 1.33. The number of carboxylic acid groups (broad SMARTS) is 1. The van der Waals surface area contributed by atoms with Crippen LogP contribution in [0.25, 0.3) is 0 Å². The van der Waals surface area contributed by atoms with E-state index in [1.807, 2.05) is 0 Å². The Hall–Kier alpha value is -1.63. The Morgan fingerprint density at radius 2 is 2.05 bits per heavy atom. The number of halogens is 2. The maximum atomic E-state index is 13.3. The van der Waals surface area contributed by atoms with E-state index >= 15 is 0 Å². The number of carbonyl (C=O) groups is 2. The summed E-state index contributed by atoms with van der Waals surface area (Å²) in [6.07, 6.45) is 1.84. The lowest BCUT2D eigenvalue weighted by atomic mass is 10.1. The molecule has 0 radical (unpaired) electrons. The number of amides is 1. The van der Waals surface area contributed by atoms with Crippen molar-refractivity contribution in [3.63, 3.8) is 0 Å². The van der Waals surface area contributed by atoms with Crippen molar-refractivity contribution in [3.8, 4) is 0 Å². The van der Waals surface area contributed by atoms with Gasteiger partial charge in [-0.2, -0.15) is 11.8 Å². The summed E-state index contributed by atoms with van der Waals surface area (Å²) in [5, 5.41) is 11.2. The maximum absolute atomic E-state index is 13.3. The van der Waals surface area contributed by atoms with Crippen molar-refractivity contribution in [1.29, 1.82) is 0 Å². The molecule has 21 heavy (non-hydrogen) atoms. The van der Waals surface area contributed by atoms with Gasteiger partial charge in [-0.15, -0.1) is 0 Å². The van der Waals surface area contributed by atoms with E-state index in [0.717, 1.165) is 18.9 Å². The fraction of sp³-hybridized carbons (Fsp3) is 0.429. The lowest BCUT2D eigenvalue weighted by Gasteiger charge is -2.11. The van der Waals surface area contributed by atoms with Gasteiger partial charge in [-0.25, -0.2) is 8.78 Å². The van der Waals surface area contributed by atoms with Crippen LogP contribution in [-0.2, 0) is 9.59 Å². The predicted octanol–water partition coefficient (Wildman–Crippen LogP) is 2.89. The van der Waals surface area contributed by atoms with E-state index in [1.165, 1.54) is 17.8 Å². The molecule has 0 spiro atoms. The van der Waals surface area contributed by atoms with Gasteiger partial charge >= 0.3 is 5.97 Å². The minimum Gasteiger partial charge on any atom is -0.481 e. The van der Waals surface area contributed by atoms with Gasteiger partial charge < -0.3 is 10.4 Å². The molecule has 1 fully saturated rings. The van der Waals surface area contributed by atoms with Crippen molar-refractivity contribution in [3.05, 3.63) is 29.8 Å². The summed E-state index contributed by atoms with van der Waals surface area (Å²) in [7, 11) is 0. The number of benzene rings is 1. The molecule has 0 aromatic heterocycles. The summed E-state index contributed by atoms with van der Waals surface area (Å²) in [6.45, 7) is 0. The summed E-state index contributed by atoms with van der Waals surface area (Å²) in [4.78, 5) is 22.4. The van der Waals surface area contributed by atoms with Crippen LogP contribution in [0.5, 0.6) is 0 Å². The molecule has 7 heteroatoms. The third-order valence-corrected chi connectivity index (χ3v) is 4.61. The first kappa shape index (κ1) is 15.8. The van der Waals surface area contributed by atoms with Gasteiger partial charge in [-0.1, -0.05) is 0 Å². The number of hydrogen-bond donors (Lipinski definition) is 2. The molecular weight excluding hydrogens is 300 g/mol. The van der Waals surface area contributed by atoms with Gasteiger partial charge in [0.25, 0.3) is 0 Å². The highest BCUT2D eigenvalue weighted by Crippen LogP contribution is 2.50. The molecule has 114 valence electrons. The fourth-order valence-electron chi connectivity index (χ4n) is 2.01. The van der Waals surface area contributed by atoms with Crippen LogP contribution < -0.4 is 5.32 Å². The maximum Gasteiger partial charge on any atom is 0.303 e. The van der Waals surface area contributed by atoms with Gasteiger partial charge in [-0.3, -0.25) is 9.59 Å². The normalized spacial score (nSPS) is 15.5. The number of nitrogens with one attached hydrogen (secondary N) is 1. The number of thioether (sulfide) groups is 1. The van der Waals surface area contributed by atoms with E-state index in [0.29, 0.717) is 11.8 Å². The fourth-order valence-corrected chi connectivity index (χ4v) is 3.19. The molecule has 2 N–H and O–H groups in total. The van der Waals surface area contributed by atoms with Gasteiger partial charge in [-0.05, 0) is 36.1 Å². The van der Waals surface area contributed by atoms with Gasteiger partial charge in [0.05, 0.1) is 17.9 Å². The molecule has 1 saturated carbocycles. The second-order valence-corrected chi connectivity index (χ2v) is 6.22. The van der Waals surface area contributed by atoms with Crippen LogP contribution in [0.1, 0.15) is 19.3 Å². The molecule has 1 aromatic rings. The largest absolute Gasteiger partial charge is 0.481 e. The lowest BCUT2D eigenvalue weighted by Crippen LogP contribution is -2.17. The highest BCUT2D eigenvalue weighted by Gasteiger charge is 2.44. The Morgan fingerprint density at radius 3 is 2.62 bits per heavy atom. The van der Waals surface area contributed by atoms with E-state index in [2.05, 4.69) is 5.32 Å². The zero-order valence-electron chi connectivity index (χ0n) is 11.2. The first-order valence-corrected chi connectivity index (χ1v) is 7.60. The molecule has 1 aliphatic rings. The van der Waals surface area contributed by atoms with Crippen molar-refractivity contribution >= 4 is 29.3 Å².